The molecule has 1 aliphatic heterocycles. The molecule has 114 valence electrons. The Morgan fingerprint density at radius 2 is 1.86 bits per heavy atom. The van der Waals surface area contributed by atoms with Crippen LogP contribution in [0.15, 0.2) is 35.3 Å². The highest BCUT2D eigenvalue weighted by atomic mass is 15.4. The van der Waals surface area contributed by atoms with E-state index in [1.165, 1.54) is 12.0 Å². The molecule has 1 aromatic carbocycles. The van der Waals surface area contributed by atoms with Crippen molar-refractivity contribution in [3.8, 4) is 0 Å². The second-order valence-electron chi connectivity index (χ2n) is 7.58. The van der Waals surface area contributed by atoms with E-state index in [4.69, 9.17) is 0 Å². The van der Waals surface area contributed by atoms with E-state index in [0.29, 0.717) is 17.4 Å². The Balaban J connectivity index is 1.64. The second-order valence-corrected chi connectivity index (χ2v) is 7.58. The molecule has 2 aliphatic rings. The van der Waals surface area contributed by atoms with E-state index in [0.717, 1.165) is 12.5 Å². The van der Waals surface area contributed by atoms with Crippen molar-refractivity contribution in [1.29, 1.82) is 0 Å². The van der Waals surface area contributed by atoms with Gasteiger partial charge in [-0.15, -0.1) is 0 Å². The van der Waals surface area contributed by atoms with Gasteiger partial charge < -0.3 is 10.2 Å². The Morgan fingerprint density at radius 1 is 1.19 bits per heavy atom. The molecule has 0 spiro atoms. The number of likely N-dealkylation sites (tertiary alicyclic amines) is 1. The molecule has 2 unspecified atom stereocenters. The highest BCUT2D eigenvalue weighted by molar-refractivity contribution is 5.82. The Bertz CT molecular complexity index is 545. The van der Waals surface area contributed by atoms with Crippen molar-refractivity contribution in [3.63, 3.8) is 0 Å². The lowest BCUT2D eigenvalue weighted by Crippen LogP contribution is -2.72. The molecule has 0 radical (unpaired) electrons. The fourth-order valence-electron chi connectivity index (χ4n) is 3.25. The van der Waals surface area contributed by atoms with Gasteiger partial charge in [-0.25, -0.2) is 0 Å². The van der Waals surface area contributed by atoms with E-state index >= 15 is 0 Å². The highest BCUT2D eigenvalue weighted by Gasteiger charge is 2.54. The van der Waals surface area contributed by atoms with E-state index < -0.39 is 0 Å². The summed E-state index contributed by atoms with van der Waals surface area (Å²) in [6.45, 7) is 10.4. The summed E-state index contributed by atoms with van der Waals surface area (Å²) in [6.07, 6.45) is 1.21. The predicted molar refractivity (Wildman–Crippen MR) is 88.6 cm³/mol. The maximum absolute atomic E-state index is 4.51. The topological polar surface area (TPSA) is 27.6 Å². The minimum Gasteiger partial charge on any atom is -0.353 e. The molecular weight excluding hydrogens is 258 g/mol. The largest absolute Gasteiger partial charge is 0.353 e. The molecule has 1 saturated carbocycles. The molecule has 1 aromatic rings. The van der Waals surface area contributed by atoms with Crippen LogP contribution in [0.3, 0.4) is 0 Å². The number of nitrogens with zero attached hydrogens (tertiary/aromatic N) is 2. The van der Waals surface area contributed by atoms with Gasteiger partial charge in [0.25, 0.3) is 0 Å². The molecule has 0 aromatic heterocycles. The lowest BCUT2D eigenvalue weighted by atomic mass is 9.65. The smallest absolute Gasteiger partial charge is 0.194 e. The Hall–Kier alpha value is -1.51. The van der Waals surface area contributed by atoms with Crippen LogP contribution in [-0.2, 0) is 0 Å². The van der Waals surface area contributed by atoms with Gasteiger partial charge in [0.2, 0.25) is 0 Å². The molecule has 2 atom stereocenters. The summed E-state index contributed by atoms with van der Waals surface area (Å²) < 4.78 is 0. The van der Waals surface area contributed by atoms with E-state index in [2.05, 4.69) is 73.2 Å². The van der Waals surface area contributed by atoms with E-state index in [9.17, 15) is 0 Å². The minimum atomic E-state index is 0.159. The van der Waals surface area contributed by atoms with E-state index in [1.54, 1.807) is 0 Å². The van der Waals surface area contributed by atoms with Crippen molar-refractivity contribution in [3.05, 3.63) is 35.9 Å². The first-order valence-electron chi connectivity index (χ1n) is 7.93. The molecule has 1 N–H and O–H groups in total. The number of benzene rings is 1. The van der Waals surface area contributed by atoms with Gasteiger partial charge in [-0.2, -0.15) is 0 Å². The third-order valence-electron chi connectivity index (χ3n) is 5.68. The first-order chi connectivity index (χ1) is 9.87. The molecule has 3 rings (SSSR count). The van der Waals surface area contributed by atoms with Crippen molar-refractivity contribution in [2.45, 2.75) is 51.6 Å². The first-order valence-corrected chi connectivity index (χ1v) is 7.93. The van der Waals surface area contributed by atoms with Crippen molar-refractivity contribution in [2.75, 3.05) is 13.6 Å². The Labute approximate surface area is 128 Å². The van der Waals surface area contributed by atoms with Crippen LogP contribution < -0.4 is 5.32 Å². The summed E-state index contributed by atoms with van der Waals surface area (Å²) in [5.74, 6) is 1.70. The van der Waals surface area contributed by atoms with Crippen LogP contribution in [-0.4, -0.2) is 36.0 Å². The average Bonchev–Trinajstić information content (AvgIpc) is 3.23. The molecule has 0 amide bonds. The monoisotopic (exact) mass is 285 g/mol. The van der Waals surface area contributed by atoms with Gasteiger partial charge in [-0.1, -0.05) is 44.2 Å². The van der Waals surface area contributed by atoms with Crippen LogP contribution in [0, 0.1) is 5.41 Å². The molecule has 1 heterocycles. The van der Waals surface area contributed by atoms with E-state index in [1.807, 2.05) is 7.05 Å². The zero-order valence-electron chi connectivity index (χ0n) is 13.9. The summed E-state index contributed by atoms with van der Waals surface area (Å²) in [5.41, 5.74) is 1.94. The third kappa shape index (κ3) is 2.33. The number of hydrogen-bond donors (Lipinski definition) is 1. The lowest BCUT2D eigenvalue weighted by molar-refractivity contribution is -0.0668. The normalized spacial score (nSPS) is 29.8. The van der Waals surface area contributed by atoms with Crippen molar-refractivity contribution in [1.82, 2.24) is 10.2 Å². The molecule has 3 nitrogen and oxygen atoms in total. The number of hydrogen-bond acceptors (Lipinski definition) is 1. The van der Waals surface area contributed by atoms with E-state index in [-0.39, 0.29) is 5.54 Å². The van der Waals surface area contributed by atoms with Gasteiger partial charge in [0.15, 0.2) is 5.96 Å². The van der Waals surface area contributed by atoms with Crippen molar-refractivity contribution < 1.29 is 0 Å². The van der Waals surface area contributed by atoms with Gasteiger partial charge >= 0.3 is 0 Å². The van der Waals surface area contributed by atoms with Gasteiger partial charge in [0.05, 0.1) is 0 Å². The molecular formula is C18H27N3. The van der Waals surface area contributed by atoms with Crippen LogP contribution in [0.2, 0.25) is 0 Å². The number of rotatable bonds is 2. The van der Waals surface area contributed by atoms with Crippen molar-refractivity contribution in [2.24, 2.45) is 10.4 Å². The van der Waals surface area contributed by atoms with Crippen LogP contribution in [0.25, 0.3) is 0 Å². The SMILES string of the molecule is CN=C(NC1CC1c1ccccc1)N1CC(C)(C)C1(C)C. The summed E-state index contributed by atoms with van der Waals surface area (Å²) in [4.78, 5) is 6.92. The van der Waals surface area contributed by atoms with Gasteiger partial charge in [0.1, 0.15) is 0 Å². The lowest BCUT2D eigenvalue weighted by Gasteiger charge is -2.62. The summed E-state index contributed by atoms with van der Waals surface area (Å²) in [7, 11) is 1.89. The molecule has 0 bridgehead atoms. The summed E-state index contributed by atoms with van der Waals surface area (Å²) in [5, 5.41) is 3.66. The van der Waals surface area contributed by atoms with Crippen LogP contribution in [0.1, 0.15) is 45.6 Å². The zero-order chi connectivity index (χ0) is 15.3. The maximum Gasteiger partial charge on any atom is 0.194 e. The van der Waals surface area contributed by atoms with Crippen molar-refractivity contribution >= 4 is 5.96 Å². The number of aliphatic imine (C=N–C) groups is 1. The number of nitrogens with one attached hydrogen (secondary N) is 1. The third-order valence-corrected chi connectivity index (χ3v) is 5.68. The van der Waals surface area contributed by atoms with Gasteiger partial charge in [-0.3, -0.25) is 4.99 Å². The average molecular weight is 285 g/mol. The minimum absolute atomic E-state index is 0.159. The molecule has 3 heteroatoms. The summed E-state index contributed by atoms with van der Waals surface area (Å²) in [6, 6.07) is 11.3. The molecule has 1 aliphatic carbocycles. The van der Waals surface area contributed by atoms with Crippen LogP contribution in [0.4, 0.5) is 0 Å². The first kappa shape index (κ1) is 14.4. The number of guanidine groups is 1. The fourth-order valence-corrected chi connectivity index (χ4v) is 3.25. The summed E-state index contributed by atoms with van der Waals surface area (Å²) >= 11 is 0. The van der Waals surface area contributed by atoms with Crippen LogP contribution in [0.5, 0.6) is 0 Å². The van der Waals surface area contributed by atoms with Gasteiger partial charge in [-0.05, 0) is 25.8 Å². The molecule has 21 heavy (non-hydrogen) atoms. The molecule has 2 fully saturated rings. The highest BCUT2D eigenvalue weighted by Crippen LogP contribution is 2.47. The maximum atomic E-state index is 4.51. The Kier molecular flexibility index (Phi) is 3.27. The standard InChI is InChI=1S/C18H27N3/c1-17(2)12-21(18(17,3)4)16(19-5)20-15-11-14(15)13-9-7-6-8-10-13/h6-10,14-15H,11-12H2,1-5H3,(H,19,20). The fraction of sp³-hybridized carbons (Fsp3) is 0.611. The Morgan fingerprint density at radius 3 is 2.38 bits per heavy atom. The molecule has 1 saturated heterocycles. The quantitative estimate of drug-likeness (QED) is 0.667. The second kappa shape index (κ2) is 4.75. The van der Waals surface area contributed by atoms with Gasteiger partial charge in [0, 0.05) is 36.5 Å². The predicted octanol–water partition coefficient (Wildman–Crippen LogP) is 3.24. The zero-order valence-corrected chi connectivity index (χ0v) is 13.9. The van der Waals surface area contributed by atoms with Crippen LogP contribution >= 0.6 is 0 Å².